The highest BCUT2D eigenvalue weighted by atomic mass is 35.5. The van der Waals surface area contributed by atoms with E-state index in [-0.39, 0.29) is 23.1 Å². The van der Waals surface area contributed by atoms with E-state index in [4.69, 9.17) is 21.3 Å². The monoisotopic (exact) mass is 538 g/mol. The van der Waals surface area contributed by atoms with Crippen LogP contribution >= 0.6 is 11.6 Å². The van der Waals surface area contributed by atoms with Crippen LogP contribution in [0.3, 0.4) is 0 Å². The molecule has 0 amide bonds. The molecule has 7 rings (SSSR count). The molecule has 0 spiro atoms. The minimum absolute atomic E-state index is 0.0652. The molecule has 3 aliphatic rings. The van der Waals surface area contributed by atoms with Gasteiger partial charge in [-0.1, -0.05) is 17.7 Å². The SMILES string of the molecule is CN1CCC[C@H]1COc1nc(N2CC3CCC(C2)N3)c2cc(F)c(-c3c[nH]c4cc(Cl)ccc34)c(F)c2n1. The minimum Gasteiger partial charge on any atom is -0.462 e. The molecule has 2 unspecified atom stereocenters. The standard InChI is InChI=1S/C28H29ClF2N6O/c1-36-8-2-3-18(36)14-38-28-34-26-20(27(35-28)37-12-16-5-6-17(13-37)33-16)10-22(30)24(25(26)31)21-11-32-23-9-15(29)4-7-19(21)23/h4,7,9-11,16-18,32-33H,2-3,5-6,8,12-14H2,1H3/t16?,17?,18-/m0/s1. The van der Waals surface area contributed by atoms with E-state index in [9.17, 15) is 0 Å². The average molecular weight is 539 g/mol. The number of fused-ring (bicyclic) bond motifs is 4. The third-order valence-electron chi connectivity index (χ3n) is 8.35. The molecule has 2 aromatic carbocycles. The molecule has 0 radical (unpaired) electrons. The van der Waals surface area contributed by atoms with Crippen LogP contribution in [0.5, 0.6) is 6.01 Å². The van der Waals surface area contributed by atoms with Gasteiger partial charge in [0.15, 0.2) is 5.82 Å². The van der Waals surface area contributed by atoms with Crippen molar-refractivity contribution in [3.8, 4) is 17.1 Å². The van der Waals surface area contributed by atoms with E-state index in [1.807, 2.05) is 0 Å². The molecule has 0 saturated carbocycles. The number of anilines is 1. The van der Waals surface area contributed by atoms with Gasteiger partial charge in [-0.25, -0.2) is 8.78 Å². The fourth-order valence-corrected chi connectivity index (χ4v) is 6.52. The molecule has 7 nitrogen and oxygen atoms in total. The summed E-state index contributed by atoms with van der Waals surface area (Å²) in [5, 5.41) is 5.19. The quantitative estimate of drug-likeness (QED) is 0.367. The molecule has 3 aliphatic heterocycles. The second-order valence-corrected chi connectivity index (χ2v) is 11.2. The second kappa shape index (κ2) is 9.32. The maximum atomic E-state index is 16.3. The van der Waals surface area contributed by atoms with Gasteiger partial charge in [0.25, 0.3) is 0 Å². The Morgan fingerprint density at radius 2 is 1.89 bits per heavy atom. The van der Waals surface area contributed by atoms with Gasteiger partial charge in [0.1, 0.15) is 23.8 Å². The summed E-state index contributed by atoms with van der Waals surface area (Å²) in [6.07, 6.45) is 5.92. The summed E-state index contributed by atoms with van der Waals surface area (Å²) >= 11 is 6.12. The highest BCUT2D eigenvalue weighted by Gasteiger charge is 2.34. The van der Waals surface area contributed by atoms with Crippen molar-refractivity contribution in [1.82, 2.24) is 25.2 Å². The van der Waals surface area contributed by atoms with Crippen molar-refractivity contribution in [2.75, 3.05) is 38.2 Å². The summed E-state index contributed by atoms with van der Waals surface area (Å²) in [5.41, 5.74) is 1.06. The van der Waals surface area contributed by atoms with Crippen LogP contribution in [0, 0.1) is 11.6 Å². The second-order valence-electron chi connectivity index (χ2n) is 10.8. The molecule has 2 bridgehead atoms. The van der Waals surface area contributed by atoms with E-state index in [0.717, 1.165) is 45.3 Å². The Bertz CT molecular complexity index is 1530. The van der Waals surface area contributed by atoms with E-state index >= 15 is 8.78 Å². The van der Waals surface area contributed by atoms with E-state index < -0.39 is 11.6 Å². The van der Waals surface area contributed by atoms with Crippen LogP contribution < -0.4 is 15.0 Å². The Kier molecular flexibility index (Phi) is 5.90. The predicted molar refractivity (Wildman–Crippen MR) is 145 cm³/mol. The first-order valence-corrected chi connectivity index (χ1v) is 13.6. The topological polar surface area (TPSA) is 69.3 Å². The summed E-state index contributed by atoms with van der Waals surface area (Å²) < 4.78 is 38.2. The van der Waals surface area contributed by atoms with Gasteiger partial charge in [0, 0.05) is 64.3 Å². The van der Waals surface area contributed by atoms with Crippen molar-refractivity contribution >= 4 is 39.2 Å². The summed E-state index contributed by atoms with van der Waals surface area (Å²) in [4.78, 5) is 16.7. The lowest BCUT2D eigenvalue weighted by Crippen LogP contribution is -2.51. The van der Waals surface area contributed by atoms with Gasteiger partial charge < -0.3 is 24.8 Å². The highest BCUT2D eigenvalue weighted by molar-refractivity contribution is 6.31. The number of halogens is 3. The van der Waals surface area contributed by atoms with Crippen LogP contribution in [0.15, 0.2) is 30.5 Å². The molecule has 38 heavy (non-hydrogen) atoms. The van der Waals surface area contributed by atoms with Gasteiger partial charge in [-0.15, -0.1) is 0 Å². The fourth-order valence-electron chi connectivity index (χ4n) is 6.35. The number of likely N-dealkylation sites (tertiary alicyclic amines) is 1. The van der Waals surface area contributed by atoms with Crippen LogP contribution in [0.25, 0.3) is 32.9 Å². The number of hydrogen-bond acceptors (Lipinski definition) is 6. The zero-order valence-electron chi connectivity index (χ0n) is 21.1. The van der Waals surface area contributed by atoms with Crippen molar-refractivity contribution < 1.29 is 13.5 Å². The average Bonchev–Trinajstić information content (AvgIpc) is 3.60. The summed E-state index contributed by atoms with van der Waals surface area (Å²) in [5.74, 6) is -0.853. The largest absolute Gasteiger partial charge is 0.462 e. The molecule has 198 valence electrons. The van der Waals surface area contributed by atoms with Crippen molar-refractivity contribution in [3.05, 3.63) is 47.1 Å². The summed E-state index contributed by atoms with van der Waals surface area (Å²) in [6.45, 7) is 2.89. The van der Waals surface area contributed by atoms with Gasteiger partial charge in [-0.2, -0.15) is 9.97 Å². The molecular formula is C28H29ClF2N6O. The summed E-state index contributed by atoms with van der Waals surface area (Å²) in [6, 6.07) is 7.65. The van der Waals surface area contributed by atoms with Crippen LogP contribution in [-0.2, 0) is 0 Å². The van der Waals surface area contributed by atoms with Gasteiger partial charge in [-0.05, 0) is 57.5 Å². The smallest absolute Gasteiger partial charge is 0.319 e. The van der Waals surface area contributed by atoms with Crippen molar-refractivity contribution in [1.29, 1.82) is 0 Å². The van der Waals surface area contributed by atoms with E-state index in [0.29, 0.717) is 51.4 Å². The number of nitrogens with zero attached hydrogens (tertiary/aromatic N) is 4. The number of rotatable bonds is 5. The first kappa shape index (κ1) is 24.1. The molecule has 3 fully saturated rings. The van der Waals surface area contributed by atoms with Gasteiger partial charge in [0.2, 0.25) is 0 Å². The highest BCUT2D eigenvalue weighted by Crippen LogP contribution is 2.39. The zero-order valence-corrected chi connectivity index (χ0v) is 21.9. The molecular weight excluding hydrogens is 510 g/mol. The Morgan fingerprint density at radius 1 is 1.08 bits per heavy atom. The zero-order chi connectivity index (χ0) is 26.0. The Balaban J connectivity index is 1.36. The lowest BCUT2D eigenvalue weighted by molar-refractivity contribution is 0.188. The first-order valence-electron chi connectivity index (χ1n) is 13.3. The fraction of sp³-hybridized carbons (Fsp3) is 0.429. The third kappa shape index (κ3) is 4.08. The molecule has 0 aliphatic carbocycles. The van der Waals surface area contributed by atoms with Gasteiger partial charge in [0.05, 0.1) is 5.56 Å². The Hall–Kier alpha value is -3.01. The minimum atomic E-state index is -0.722. The third-order valence-corrected chi connectivity index (χ3v) is 8.58. The number of H-pyrrole nitrogens is 1. The van der Waals surface area contributed by atoms with E-state index in [1.165, 1.54) is 6.07 Å². The van der Waals surface area contributed by atoms with E-state index in [1.54, 1.807) is 24.4 Å². The van der Waals surface area contributed by atoms with Crippen molar-refractivity contribution in [3.63, 3.8) is 0 Å². The number of hydrogen-bond donors (Lipinski definition) is 2. The maximum Gasteiger partial charge on any atom is 0.319 e. The van der Waals surface area contributed by atoms with Crippen molar-refractivity contribution in [2.24, 2.45) is 0 Å². The molecule has 10 heteroatoms. The molecule has 5 heterocycles. The number of aromatic nitrogens is 3. The number of benzene rings is 2. The molecule has 3 saturated heterocycles. The van der Waals surface area contributed by atoms with Gasteiger partial charge >= 0.3 is 6.01 Å². The molecule has 4 aromatic rings. The molecule has 2 N–H and O–H groups in total. The van der Waals surface area contributed by atoms with Crippen LogP contribution in [-0.4, -0.2) is 71.3 Å². The van der Waals surface area contributed by atoms with Gasteiger partial charge in [-0.3, -0.25) is 0 Å². The van der Waals surface area contributed by atoms with E-state index in [2.05, 4.69) is 32.1 Å². The maximum absolute atomic E-state index is 16.3. The first-order chi connectivity index (χ1) is 18.4. The number of nitrogens with one attached hydrogen (secondary N) is 2. The summed E-state index contributed by atoms with van der Waals surface area (Å²) in [7, 11) is 2.08. The van der Waals surface area contributed by atoms with Crippen LogP contribution in [0.1, 0.15) is 25.7 Å². The number of piperazine rings is 1. The predicted octanol–water partition coefficient (Wildman–Crippen LogP) is 5.12. The molecule has 2 aromatic heterocycles. The number of ether oxygens (including phenoxy) is 1. The lowest BCUT2D eigenvalue weighted by Gasteiger charge is -2.34. The normalized spacial score (nSPS) is 23.7. The number of aromatic amines is 1. The Morgan fingerprint density at radius 3 is 2.66 bits per heavy atom. The van der Waals surface area contributed by atoms with Crippen LogP contribution in [0.4, 0.5) is 14.6 Å². The Labute approximate surface area is 224 Å². The lowest BCUT2D eigenvalue weighted by atomic mass is 10.0. The number of likely N-dealkylation sites (N-methyl/N-ethyl adjacent to an activating group) is 1. The molecule has 3 atom stereocenters. The van der Waals surface area contributed by atoms with Crippen LogP contribution in [0.2, 0.25) is 5.02 Å². The van der Waals surface area contributed by atoms with Crippen molar-refractivity contribution in [2.45, 2.75) is 43.8 Å².